The first kappa shape index (κ1) is 17.7. The predicted octanol–water partition coefficient (Wildman–Crippen LogP) is 3.52. The first-order chi connectivity index (χ1) is 13.7. The van der Waals surface area contributed by atoms with Crippen LogP contribution in [0.4, 0.5) is 0 Å². The van der Waals surface area contributed by atoms with Gasteiger partial charge in [-0.05, 0) is 19.1 Å². The Bertz CT molecular complexity index is 1070. The second-order valence-corrected chi connectivity index (χ2v) is 6.34. The zero-order valence-electron chi connectivity index (χ0n) is 15.3. The summed E-state index contributed by atoms with van der Waals surface area (Å²) >= 11 is 0. The minimum absolute atomic E-state index is 0.0650. The summed E-state index contributed by atoms with van der Waals surface area (Å²) < 4.78 is 12.1. The number of carbonyl (C=O) groups is 1. The van der Waals surface area contributed by atoms with Gasteiger partial charge < -0.3 is 9.26 Å². The number of ether oxygens (including phenoxy) is 1. The fourth-order valence-electron chi connectivity index (χ4n) is 2.67. The molecular formula is C21H18N4O3. The molecule has 0 unspecified atom stereocenters. The number of rotatable bonds is 6. The topological polar surface area (TPSA) is 83.0 Å². The molecule has 0 fully saturated rings. The lowest BCUT2D eigenvalue weighted by Crippen LogP contribution is -2.07. The van der Waals surface area contributed by atoms with Crippen molar-refractivity contribution in [1.82, 2.24) is 19.9 Å². The predicted molar refractivity (Wildman–Crippen MR) is 102 cm³/mol. The molecule has 0 amide bonds. The standard InChI is InChI=1S/C21H18N4O3/c1-15-7-9-17(10-8-15)21-23-19(28-24-21)14-27-20(26)11-16-12-22-25(13-16)18-5-3-2-4-6-18/h2-10,12-13H,11,14H2,1H3. The Morgan fingerprint density at radius 3 is 2.68 bits per heavy atom. The molecule has 0 saturated heterocycles. The summed E-state index contributed by atoms with van der Waals surface area (Å²) in [4.78, 5) is 16.4. The molecule has 0 aliphatic rings. The van der Waals surface area contributed by atoms with E-state index >= 15 is 0 Å². The fraction of sp³-hybridized carbons (Fsp3) is 0.143. The van der Waals surface area contributed by atoms with Gasteiger partial charge in [0, 0.05) is 17.3 Å². The SMILES string of the molecule is Cc1ccc(-c2noc(COC(=O)Cc3cnn(-c4ccccc4)c3)n2)cc1. The maximum Gasteiger partial charge on any atom is 0.310 e. The molecule has 0 aliphatic carbocycles. The molecule has 28 heavy (non-hydrogen) atoms. The molecule has 2 aromatic heterocycles. The van der Waals surface area contributed by atoms with E-state index in [4.69, 9.17) is 9.26 Å². The van der Waals surface area contributed by atoms with E-state index < -0.39 is 0 Å². The number of carbonyl (C=O) groups excluding carboxylic acids is 1. The molecule has 2 aromatic carbocycles. The van der Waals surface area contributed by atoms with E-state index in [2.05, 4.69) is 15.2 Å². The van der Waals surface area contributed by atoms with Gasteiger partial charge in [0.25, 0.3) is 5.89 Å². The molecule has 4 aromatic rings. The lowest BCUT2D eigenvalue weighted by Gasteiger charge is -2.00. The highest BCUT2D eigenvalue weighted by Crippen LogP contribution is 2.16. The Hall–Kier alpha value is -3.74. The van der Waals surface area contributed by atoms with E-state index in [-0.39, 0.29) is 24.9 Å². The van der Waals surface area contributed by atoms with Gasteiger partial charge in [0.15, 0.2) is 6.61 Å². The van der Waals surface area contributed by atoms with Crippen LogP contribution in [0.15, 0.2) is 71.5 Å². The molecular weight excluding hydrogens is 356 g/mol. The maximum atomic E-state index is 12.1. The highest BCUT2D eigenvalue weighted by molar-refractivity contribution is 5.72. The van der Waals surface area contributed by atoms with Gasteiger partial charge in [0.1, 0.15) is 0 Å². The van der Waals surface area contributed by atoms with Gasteiger partial charge in [-0.2, -0.15) is 10.1 Å². The molecule has 7 nitrogen and oxygen atoms in total. The molecule has 140 valence electrons. The van der Waals surface area contributed by atoms with Crippen molar-refractivity contribution < 1.29 is 14.1 Å². The average Bonchev–Trinajstić information content (AvgIpc) is 3.37. The summed E-state index contributed by atoms with van der Waals surface area (Å²) in [6.45, 7) is 1.94. The van der Waals surface area contributed by atoms with Gasteiger partial charge in [-0.25, -0.2) is 4.68 Å². The van der Waals surface area contributed by atoms with Crippen molar-refractivity contribution in [2.75, 3.05) is 0 Å². The van der Waals surface area contributed by atoms with Gasteiger partial charge >= 0.3 is 5.97 Å². The Balaban J connectivity index is 1.33. The number of nitrogens with zero attached hydrogens (tertiary/aromatic N) is 4. The van der Waals surface area contributed by atoms with Gasteiger partial charge in [-0.15, -0.1) is 0 Å². The first-order valence-corrected chi connectivity index (χ1v) is 8.81. The van der Waals surface area contributed by atoms with Crippen molar-refractivity contribution >= 4 is 5.97 Å². The van der Waals surface area contributed by atoms with E-state index in [0.717, 1.165) is 22.4 Å². The summed E-state index contributed by atoms with van der Waals surface area (Å²) in [6.07, 6.45) is 3.57. The third-order valence-electron chi connectivity index (χ3n) is 4.14. The first-order valence-electron chi connectivity index (χ1n) is 8.81. The Morgan fingerprint density at radius 2 is 1.89 bits per heavy atom. The highest BCUT2D eigenvalue weighted by atomic mass is 16.6. The number of aryl methyl sites for hydroxylation is 1. The molecule has 0 spiro atoms. The zero-order chi connectivity index (χ0) is 19.3. The van der Waals surface area contributed by atoms with E-state index in [1.165, 1.54) is 0 Å². The van der Waals surface area contributed by atoms with E-state index in [1.54, 1.807) is 17.1 Å². The highest BCUT2D eigenvalue weighted by Gasteiger charge is 2.12. The minimum atomic E-state index is -0.386. The van der Waals surface area contributed by atoms with Crippen molar-refractivity contribution in [1.29, 1.82) is 0 Å². The zero-order valence-corrected chi connectivity index (χ0v) is 15.3. The smallest absolute Gasteiger partial charge is 0.310 e. The number of benzene rings is 2. The van der Waals surface area contributed by atoms with E-state index in [9.17, 15) is 4.79 Å². The van der Waals surface area contributed by atoms with Crippen LogP contribution in [0.25, 0.3) is 17.1 Å². The van der Waals surface area contributed by atoms with Crippen molar-refractivity contribution in [2.45, 2.75) is 20.0 Å². The summed E-state index contributed by atoms with van der Waals surface area (Å²) in [5.41, 5.74) is 3.69. The normalized spacial score (nSPS) is 10.8. The molecule has 4 rings (SSSR count). The molecule has 0 aliphatic heterocycles. The van der Waals surface area contributed by atoms with Gasteiger partial charge in [-0.3, -0.25) is 4.79 Å². The largest absolute Gasteiger partial charge is 0.455 e. The molecule has 2 heterocycles. The summed E-state index contributed by atoms with van der Waals surface area (Å²) in [6, 6.07) is 17.5. The molecule has 0 saturated carbocycles. The maximum absolute atomic E-state index is 12.1. The van der Waals surface area contributed by atoms with E-state index in [1.807, 2.05) is 61.5 Å². The van der Waals surface area contributed by atoms with Gasteiger partial charge in [0.2, 0.25) is 5.82 Å². The monoisotopic (exact) mass is 374 g/mol. The number of hydrogen-bond donors (Lipinski definition) is 0. The van der Waals surface area contributed by atoms with Crippen LogP contribution in [0, 0.1) is 6.92 Å². The van der Waals surface area contributed by atoms with Crippen LogP contribution in [0.3, 0.4) is 0 Å². The van der Waals surface area contributed by atoms with Crippen LogP contribution in [0.1, 0.15) is 17.0 Å². The van der Waals surface area contributed by atoms with Crippen LogP contribution >= 0.6 is 0 Å². The number of esters is 1. The van der Waals surface area contributed by atoms with Gasteiger partial charge in [-0.1, -0.05) is 53.2 Å². The summed E-state index contributed by atoms with van der Waals surface area (Å²) in [5, 5.41) is 8.19. The van der Waals surface area contributed by atoms with Gasteiger partial charge in [0.05, 0.1) is 18.3 Å². The Labute approximate surface area is 161 Å². The second kappa shape index (κ2) is 7.87. The Morgan fingerprint density at radius 1 is 1.11 bits per heavy atom. The molecule has 0 atom stereocenters. The molecule has 0 N–H and O–H groups in total. The lowest BCUT2D eigenvalue weighted by atomic mass is 10.1. The summed E-state index contributed by atoms with van der Waals surface area (Å²) in [5.74, 6) is 0.335. The second-order valence-electron chi connectivity index (χ2n) is 6.34. The molecule has 7 heteroatoms. The number of hydrogen-bond acceptors (Lipinski definition) is 6. The number of para-hydroxylation sites is 1. The van der Waals surface area contributed by atoms with Crippen LogP contribution in [-0.4, -0.2) is 25.9 Å². The average molecular weight is 374 g/mol. The van der Waals surface area contributed by atoms with E-state index in [0.29, 0.717) is 5.82 Å². The van der Waals surface area contributed by atoms with Crippen LogP contribution in [0.5, 0.6) is 0 Å². The Kier molecular flexibility index (Phi) is 4.97. The van der Waals surface area contributed by atoms with Crippen molar-refractivity contribution in [2.24, 2.45) is 0 Å². The van der Waals surface area contributed by atoms with Crippen LogP contribution in [0.2, 0.25) is 0 Å². The molecule has 0 radical (unpaired) electrons. The fourth-order valence-corrected chi connectivity index (χ4v) is 2.67. The summed E-state index contributed by atoms with van der Waals surface area (Å²) in [7, 11) is 0. The van der Waals surface area contributed by atoms with Crippen molar-refractivity contribution in [3.05, 3.63) is 84.0 Å². The third-order valence-corrected chi connectivity index (χ3v) is 4.14. The third kappa shape index (κ3) is 4.15. The van der Waals surface area contributed by atoms with Crippen LogP contribution in [-0.2, 0) is 22.6 Å². The van der Waals surface area contributed by atoms with Crippen molar-refractivity contribution in [3.8, 4) is 17.1 Å². The van der Waals surface area contributed by atoms with Crippen molar-refractivity contribution in [3.63, 3.8) is 0 Å². The van der Waals surface area contributed by atoms with Crippen LogP contribution < -0.4 is 0 Å². The number of aromatic nitrogens is 4. The lowest BCUT2D eigenvalue weighted by molar-refractivity contribution is -0.144. The quantitative estimate of drug-likeness (QED) is 0.480. The molecule has 0 bridgehead atoms. The minimum Gasteiger partial charge on any atom is -0.455 e.